The van der Waals surface area contributed by atoms with Crippen LogP contribution in [0, 0.1) is 15.9 Å². The fourth-order valence-corrected chi connectivity index (χ4v) is 1.83. The largest absolute Gasteiger partial charge is 0.376 e. The van der Waals surface area contributed by atoms with Gasteiger partial charge < -0.3 is 5.32 Å². The van der Waals surface area contributed by atoms with Gasteiger partial charge in [-0.05, 0) is 6.07 Å². The van der Waals surface area contributed by atoms with E-state index in [0.29, 0.717) is 6.54 Å². The van der Waals surface area contributed by atoms with Crippen LogP contribution >= 0.6 is 11.3 Å². The van der Waals surface area contributed by atoms with Crippen molar-refractivity contribution in [1.29, 1.82) is 0 Å². The summed E-state index contributed by atoms with van der Waals surface area (Å²) in [6.07, 6.45) is 1.64. The first-order valence-corrected chi connectivity index (χ1v) is 5.61. The molecule has 0 atom stereocenters. The Kier molecular flexibility index (Phi) is 3.29. The van der Waals surface area contributed by atoms with Crippen molar-refractivity contribution in [2.45, 2.75) is 6.54 Å². The molecule has 2 aromatic rings. The van der Waals surface area contributed by atoms with Crippen molar-refractivity contribution < 1.29 is 9.31 Å². The average molecular weight is 253 g/mol. The van der Waals surface area contributed by atoms with Crippen LogP contribution in [0.15, 0.2) is 29.8 Å². The highest BCUT2D eigenvalue weighted by Crippen LogP contribution is 2.21. The van der Waals surface area contributed by atoms with Gasteiger partial charge >= 0.3 is 0 Å². The number of nitrogens with zero attached hydrogens (tertiary/aromatic N) is 2. The van der Waals surface area contributed by atoms with Gasteiger partial charge in [-0.25, -0.2) is 9.37 Å². The first-order chi connectivity index (χ1) is 8.16. The quantitative estimate of drug-likeness (QED) is 0.672. The zero-order chi connectivity index (χ0) is 12.3. The molecule has 0 aliphatic heterocycles. The molecule has 0 fully saturated rings. The van der Waals surface area contributed by atoms with Crippen molar-refractivity contribution in [1.82, 2.24) is 4.98 Å². The van der Waals surface area contributed by atoms with E-state index in [9.17, 15) is 14.5 Å². The predicted molar refractivity (Wildman–Crippen MR) is 62.5 cm³/mol. The fourth-order valence-electron chi connectivity index (χ4n) is 1.27. The maximum absolute atomic E-state index is 13.4. The molecule has 1 aromatic heterocycles. The zero-order valence-electron chi connectivity index (χ0n) is 8.59. The molecule has 1 aromatic carbocycles. The van der Waals surface area contributed by atoms with Gasteiger partial charge in [-0.2, -0.15) is 0 Å². The van der Waals surface area contributed by atoms with E-state index in [2.05, 4.69) is 10.3 Å². The minimum Gasteiger partial charge on any atom is -0.376 e. The lowest BCUT2D eigenvalue weighted by Crippen LogP contribution is -2.01. The van der Waals surface area contributed by atoms with E-state index >= 15 is 0 Å². The van der Waals surface area contributed by atoms with Crippen LogP contribution in [0.5, 0.6) is 0 Å². The summed E-state index contributed by atoms with van der Waals surface area (Å²) in [7, 11) is 0. The van der Waals surface area contributed by atoms with Crippen LogP contribution in [0.3, 0.4) is 0 Å². The van der Waals surface area contributed by atoms with Crippen molar-refractivity contribution in [3.8, 4) is 0 Å². The number of nitro benzene ring substituents is 1. The fraction of sp³-hybridized carbons (Fsp3) is 0.100. The molecular weight excluding hydrogens is 245 g/mol. The number of aromatic nitrogens is 1. The number of nitrogens with one attached hydrogen (secondary N) is 1. The molecule has 0 bridgehead atoms. The number of hydrogen-bond donors (Lipinski definition) is 1. The number of nitro groups is 1. The maximum atomic E-state index is 13.4. The van der Waals surface area contributed by atoms with E-state index in [1.165, 1.54) is 17.4 Å². The average Bonchev–Trinajstić information content (AvgIpc) is 2.80. The van der Waals surface area contributed by atoms with Crippen molar-refractivity contribution in [3.63, 3.8) is 0 Å². The Morgan fingerprint density at radius 1 is 1.53 bits per heavy atom. The summed E-state index contributed by atoms with van der Waals surface area (Å²) in [6, 6.07) is 3.37. The normalized spacial score (nSPS) is 10.2. The number of anilines is 1. The van der Waals surface area contributed by atoms with Gasteiger partial charge in [0.1, 0.15) is 10.8 Å². The van der Waals surface area contributed by atoms with Crippen molar-refractivity contribution in [3.05, 3.63) is 50.7 Å². The van der Waals surface area contributed by atoms with Gasteiger partial charge in [0.25, 0.3) is 5.69 Å². The smallest absolute Gasteiger partial charge is 0.271 e. The Labute approximate surface area is 100 Å². The summed E-state index contributed by atoms with van der Waals surface area (Å²) < 4.78 is 13.4. The standard InChI is InChI=1S/C10H8FN3O2S/c11-8-2-1-7(14(15)16)5-9(8)13-6-10-12-3-4-17-10/h1-5,13H,6H2. The monoisotopic (exact) mass is 253 g/mol. The van der Waals surface area contributed by atoms with Crippen molar-refractivity contribution in [2.24, 2.45) is 0 Å². The topological polar surface area (TPSA) is 68.1 Å². The molecule has 0 saturated heterocycles. The van der Waals surface area contributed by atoms with Crippen LogP contribution < -0.4 is 5.32 Å². The third kappa shape index (κ3) is 2.76. The van der Waals surface area contributed by atoms with E-state index in [-0.39, 0.29) is 11.4 Å². The van der Waals surface area contributed by atoms with Gasteiger partial charge in [0, 0.05) is 23.7 Å². The molecule has 5 nitrogen and oxygen atoms in total. The molecule has 0 amide bonds. The number of non-ortho nitro benzene ring substituents is 1. The SMILES string of the molecule is O=[N+]([O-])c1ccc(F)c(NCc2nccs2)c1. The molecule has 0 aliphatic carbocycles. The predicted octanol–water partition coefficient (Wildman–Crippen LogP) is 2.80. The van der Waals surface area contributed by atoms with Crippen molar-refractivity contribution in [2.75, 3.05) is 5.32 Å². The lowest BCUT2D eigenvalue weighted by atomic mass is 10.2. The molecule has 0 aliphatic rings. The first-order valence-electron chi connectivity index (χ1n) is 4.73. The van der Waals surface area contributed by atoms with Crippen LogP contribution in [0.1, 0.15) is 5.01 Å². The number of halogens is 1. The third-order valence-corrected chi connectivity index (χ3v) is 2.85. The maximum Gasteiger partial charge on any atom is 0.271 e. The lowest BCUT2D eigenvalue weighted by Gasteiger charge is -2.05. The van der Waals surface area contributed by atoms with Crippen LogP contribution in [0.2, 0.25) is 0 Å². The van der Waals surface area contributed by atoms with Gasteiger partial charge in [-0.15, -0.1) is 11.3 Å². The Bertz CT molecular complexity index is 530. The summed E-state index contributed by atoms with van der Waals surface area (Å²) in [5.74, 6) is -0.521. The highest BCUT2D eigenvalue weighted by atomic mass is 32.1. The van der Waals surface area contributed by atoms with E-state index in [1.807, 2.05) is 0 Å². The summed E-state index contributed by atoms with van der Waals surface area (Å²) in [5, 5.41) is 15.9. The summed E-state index contributed by atoms with van der Waals surface area (Å²) in [6.45, 7) is 0.343. The molecule has 0 saturated carbocycles. The first kappa shape index (κ1) is 11.5. The number of hydrogen-bond acceptors (Lipinski definition) is 5. The van der Waals surface area contributed by atoms with Crippen LogP contribution in [-0.2, 0) is 6.54 Å². The zero-order valence-corrected chi connectivity index (χ0v) is 9.41. The van der Waals surface area contributed by atoms with Gasteiger partial charge in [-0.3, -0.25) is 10.1 Å². The molecule has 0 radical (unpaired) electrons. The Hall–Kier alpha value is -2.02. The molecule has 0 unspecified atom stereocenters. The molecule has 7 heteroatoms. The molecule has 0 spiro atoms. The minimum atomic E-state index is -0.561. The van der Waals surface area contributed by atoms with Crippen LogP contribution in [0.4, 0.5) is 15.8 Å². The summed E-state index contributed by atoms with van der Waals surface area (Å²) >= 11 is 1.43. The van der Waals surface area contributed by atoms with Gasteiger partial charge in [-0.1, -0.05) is 0 Å². The molecule has 88 valence electrons. The Morgan fingerprint density at radius 3 is 3.00 bits per heavy atom. The van der Waals surface area contributed by atoms with Crippen LogP contribution in [-0.4, -0.2) is 9.91 Å². The second-order valence-corrected chi connectivity index (χ2v) is 4.18. The van der Waals surface area contributed by atoms with Gasteiger partial charge in [0.2, 0.25) is 0 Å². The van der Waals surface area contributed by atoms with E-state index in [4.69, 9.17) is 0 Å². The molecule has 2 rings (SSSR count). The minimum absolute atomic E-state index is 0.106. The van der Waals surface area contributed by atoms with Gasteiger partial charge in [0.15, 0.2) is 0 Å². The summed E-state index contributed by atoms with van der Waals surface area (Å²) in [4.78, 5) is 14.0. The summed E-state index contributed by atoms with van der Waals surface area (Å²) in [5.41, 5.74) is -0.0394. The molecule has 1 N–H and O–H groups in total. The molecule has 1 heterocycles. The lowest BCUT2D eigenvalue weighted by molar-refractivity contribution is -0.384. The van der Waals surface area contributed by atoms with E-state index in [1.54, 1.807) is 11.6 Å². The van der Waals surface area contributed by atoms with Gasteiger partial charge in [0.05, 0.1) is 17.2 Å². The highest BCUT2D eigenvalue weighted by Gasteiger charge is 2.10. The second-order valence-electron chi connectivity index (χ2n) is 3.20. The highest BCUT2D eigenvalue weighted by molar-refractivity contribution is 7.09. The molecule has 17 heavy (non-hydrogen) atoms. The number of benzene rings is 1. The van der Waals surface area contributed by atoms with E-state index < -0.39 is 10.7 Å². The van der Waals surface area contributed by atoms with E-state index in [0.717, 1.165) is 17.1 Å². The Morgan fingerprint density at radius 2 is 2.35 bits per heavy atom. The van der Waals surface area contributed by atoms with Crippen LogP contribution in [0.25, 0.3) is 0 Å². The third-order valence-electron chi connectivity index (χ3n) is 2.07. The molecular formula is C10H8FN3O2S. The number of thiazole rings is 1. The Balaban J connectivity index is 2.14. The van der Waals surface area contributed by atoms with Crippen molar-refractivity contribution >= 4 is 22.7 Å². The number of rotatable bonds is 4. The second kappa shape index (κ2) is 4.88.